The van der Waals surface area contributed by atoms with Gasteiger partial charge in [0.1, 0.15) is 11.5 Å². The molecule has 27 heavy (non-hydrogen) atoms. The van der Waals surface area contributed by atoms with Gasteiger partial charge in [-0.3, -0.25) is 9.74 Å². The van der Waals surface area contributed by atoms with Crippen LogP contribution in [0.3, 0.4) is 0 Å². The predicted octanol–water partition coefficient (Wildman–Crippen LogP) is 4.58. The lowest BCUT2D eigenvalue weighted by Crippen LogP contribution is -2.23. The Morgan fingerprint density at radius 1 is 1.22 bits per heavy atom. The van der Waals surface area contributed by atoms with Crippen LogP contribution in [0.2, 0.25) is 0 Å². The van der Waals surface area contributed by atoms with E-state index in [4.69, 9.17) is 27.9 Å². The van der Waals surface area contributed by atoms with E-state index in [0.717, 1.165) is 11.4 Å². The highest BCUT2D eigenvalue weighted by atomic mass is 16.5. The van der Waals surface area contributed by atoms with Crippen LogP contribution in [0.5, 0.6) is 11.5 Å². The van der Waals surface area contributed by atoms with E-state index >= 15 is 0 Å². The Morgan fingerprint density at radius 3 is 2.67 bits per heavy atom. The summed E-state index contributed by atoms with van der Waals surface area (Å²) < 4.78 is 11.3. The van der Waals surface area contributed by atoms with Gasteiger partial charge in [-0.15, -0.1) is 0 Å². The third-order valence-electron chi connectivity index (χ3n) is 4.16. The molecule has 3 rings (SSSR count). The highest BCUT2D eigenvalue weighted by Gasteiger charge is 2.29. The minimum atomic E-state index is -0.263. The Labute approximate surface area is 158 Å². The summed E-state index contributed by atoms with van der Waals surface area (Å²) in [7, 11) is 0. The molecule has 6 heteroatoms. The number of anilines is 1. The fourth-order valence-corrected chi connectivity index (χ4v) is 2.82. The fourth-order valence-electron chi connectivity index (χ4n) is 2.82. The van der Waals surface area contributed by atoms with E-state index in [1.165, 1.54) is 0 Å². The van der Waals surface area contributed by atoms with Crippen LogP contribution >= 0.6 is 0 Å². The van der Waals surface area contributed by atoms with Crippen LogP contribution in [0.4, 0.5) is 5.69 Å². The molecule has 6 nitrogen and oxygen atoms in total. The lowest BCUT2D eigenvalue weighted by molar-refractivity contribution is 0.134. The first-order valence-electron chi connectivity index (χ1n) is 8.27. The van der Waals surface area contributed by atoms with E-state index in [0.29, 0.717) is 29.4 Å². The molecule has 0 amide bonds. The van der Waals surface area contributed by atoms with Crippen molar-refractivity contribution in [3.8, 4) is 17.6 Å². The van der Waals surface area contributed by atoms with Crippen molar-refractivity contribution in [2.24, 2.45) is 0 Å². The van der Waals surface area contributed by atoms with Gasteiger partial charge >= 0.3 is 0 Å². The quantitative estimate of drug-likeness (QED) is 0.736. The second-order valence-electron chi connectivity index (χ2n) is 5.86. The molecular formula is C21H16N4O2. The maximum Gasteiger partial charge on any atom is 0.292 e. The van der Waals surface area contributed by atoms with Gasteiger partial charge in [0.2, 0.25) is 5.70 Å². The third-order valence-corrected chi connectivity index (χ3v) is 4.16. The maximum atomic E-state index is 8.97. The van der Waals surface area contributed by atoms with E-state index in [1.54, 1.807) is 41.3 Å². The first-order valence-corrected chi connectivity index (χ1v) is 8.27. The van der Waals surface area contributed by atoms with Crippen LogP contribution in [0.25, 0.3) is 9.69 Å². The van der Waals surface area contributed by atoms with Gasteiger partial charge in [-0.05, 0) is 49.4 Å². The van der Waals surface area contributed by atoms with Crippen molar-refractivity contribution in [1.29, 1.82) is 5.26 Å². The Kier molecular flexibility index (Phi) is 5.38. The Morgan fingerprint density at radius 2 is 2.00 bits per heavy atom. The largest absolute Gasteiger partial charge is 0.457 e. The SMILES string of the molecule is [C-]#[N+]CN(C1=C([N+]#[C-])C(C)OC1)c1ccc(Oc2cccc(C#N)c2)cc1. The van der Waals surface area contributed by atoms with Crippen molar-refractivity contribution in [2.45, 2.75) is 13.0 Å². The molecule has 1 atom stereocenters. The summed E-state index contributed by atoms with van der Waals surface area (Å²) in [6.45, 7) is 16.9. The van der Waals surface area contributed by atoms with E-state index in [1.807, 2.05) is 19.1 Å². The van der Waals surface area contributed by atoms with Crippen molar-refractivity contribution >= 4 is 5.69 Å². The Balaban J connectivity index is 1.84. The molecule has 0 aromatic heterocycles. The molecule has 0 saturated carbocycles. The number of hydrogen-bond donors (Lipinski definition) is 0. The van der Waals surface area contributed by atoms with Gasteiger partial charge in [0.15, 0.2) is 0 Å². The molecular weight excluding hydrogens is 340 g/mol. The van der Waals surface area contributed by atoms with Crippen molar-refractivity contribution in [1.82, 2.24) is 0 Å². The van der Waals surface area contributed by atoms with Gasteiger partial charge in [-0.1, -0.05) is 6.07 Å². The van der Waals surface area contributed by atoms with Crippen LogP contribution < -0.4 is 9.64 Å². The zero-order chi connectivity index (χ0) is 19.2. The molecule has 0 bridgehead atoms. The van der Waals surface area contributed by atoms with Gasteiger partial charge < -0.3 is 9.47 Å². The summed E-state index contributed by atoms with van der Waals surface area (Å²) >= 11 is 0. The predicted molar refractivity (Wildman–Crippen MR) is 101 cm³/mol. The van der Waals surface area contributed by atoms with Gasteiger partial charge in [0, 0.05) is 5.69 Å². The molecule has 0 saturated heterocycles. The van der Waals surface area contributed by atoms with Gasteiger partial charge in [-0.25, -0.2) is 11.4 Å². The lowest BCUT2D eigenvalue weighted by Gasteiger charge is -2.21. The van der Waals surface area contributed by atoms with Crippen LogP contribution in [-0.2, 0) is 4.74 Å². The highest BCUT2D eigenvalue weighted by molar-refractivity contribution is 5.57. The number of nitrogens with zero attached hydrogens (tertiary/aromatic N) is 4. The van der Waals surface area contributed by atoms with Crippen molar-refractivity contribution < 1.29 is 9.47 Å². The van der Waals surface area contributed by atoms with E-state index in [2.05, 4.69) is 15.8 Å². The number of benzene rings is 2. The summed E-state index contributed by atoms with van der Waals surface area (Å²) in [5.74, 6) is 1.20. The zero-order valence-corrected chi connectivity index (χ0v) is 14.7. The third kappa shape index (κ3) is 3.90. The maximum absolute atomic E-state index is 8.97. The van der Waals surface area contributed by atoms with Crippen LogP contribution in [0.1, 0.15) is 12.5 Å². The molecule has 0 N–H and O–H groups in total. The first kappa shape index (κ1) is 18.0. The van der Waals surface area contributed by atoms with Crippen molar-refractivity contribution in [2.75, 3.05) is 18.2 Å². The minimum absolute atomic E-state index is 0.106. The second kappa shape index (κ2) is 8.06. The fraction of sp³-hybridized carbons (Fsp3) is 0.190. The monoisotopic (exact) mass is 356 g/mol. The van der Waals surface area contributed by atoms with E-state index < -0.39 is 0 Å². The van der Waals surface area contributed by atoms with Gasteiger partial charge in [0.05, 0.1) is 36.6 Å². The Bertz CT molecular complexity index is 991. The van der Waals surface area contributed by atoms with E-state index in [9.17, 15) is 0 Å². The average molecular weight is 356 g/mol. The number of nitriles is 1. The molecule has 1 unspecified atom stereocenters. The number of hydrogen-bond acceptors (Lipinski definition) is 4. The second-order valence-corrected chi connectivity index (χ2v) is 5.86. The molecule has 1 aliphatic rings. The summed E-state index contributed by atoms with van der Waals surface area (Å²) in [5, 5.41) is 8.97. The van der Waals surface area contributed by atoms with E-state index in [-0.39, 0.29) is 12.8 Å². The number of ether oxygens (including phenoxy) is 2. The topological polar surface area (TPSA) is 54.2 Å². The molecule has 1 aliphatic heterocycles. The number of rotatable bonds is 5. The smallest absolute Gasteiger partial charge is 0.292 e. The summed E-state index contributed by atoms with van der Waals surface area (Å²) in [6, 6.07) is 16.3. The molecule has 0 aliphatic carbocycles. The average Bonchev–Trinajstić information content (AvgIpc) is 3.07. The molecule has 2 aromatic carbocycles. The molecule has 0 radical (unpaired) electrons. The molecule has 2 aromatic rings. The molecule has 1 heterocycles. The normalized spacial score (nSPS) is 15.6. The Hall–Kier alpha value is -3.79. The molecule has 0 spiro atoms. The van der Waals surface area contributed by atoms with Crippen LogP contribution in [0, 0.1) is 24.5 Å². The lowest BCUT2D eigenvalue weighted by atomic mass is 10.2. The summed E-state index contributed by atoms with van der Waals surface area (Å²) in [5.41, 5.74) is 2.58. The first-order chi connectivity index (χ1) is 13.2. The highest BCUT2D eigenvalue weighted by Crippen LogP contribution is 2.31. The van der Waals surface area contributed by atoms with Crippen molar-refractivity contribution in [3.05, 3.63) is 88.3 Å². The minimum Gasteiger partial charge on any atom is -0.457 e. The van der Waals surface area contributed by atoms with Crippen molar-refractivity contribution in [3.63, 3.8) is 0 Å². The van der Waals surface area contributed by atoms with Crippen LogP contribution in [0.15, 0.2) is 59.9 Å². The van der Waals surface area contributed by atoms with Gasteiger partial charge in [0.25, 0.3) is 6.67 Å². The standard InChI is InChI=1S/C21H16N4O2/c1-15-21(24-3)20(13-26-15)25(14-23-2)17-7-9-18(10-8-17)27-19-6-4-5-16(11-19)12-22/h4-11,15H,13-14H2,1H3. The molecule has 132 valence electrons. The summed E-state index contributed by atoms with van der Waals surface area (Å²) in [4.78, 5) is 8.85. The van der Waals surface area contributed by atoms with Gasteiger partial charge in [-0.2, -0.15) is 5.26 Å². The molecule has 0 fully saturated rings. The van der Waals surface area contributed by atoms with Crippen LogP contribution in [-0.4, -0.2) is 19.4 Å². The zero-order valence-electron chi connectivity index (χ0n) is 14.7. The summed E-state index contributed by atoms with van der Waals surface area (Å²) in [6.07, 6.45) is -0.263.